The molecular weight excluding hydrogens is 656 g/mol. The Bertz CT molecular complexity index is 1910. The molecule has 0 unspecified atom stereocenters. The Morgan fingerprint density at radius 1 is 0.500 bits per heavy atom. The van der Waals surface area contributed by atoms with E-state index in [9.17, 15) is 29.4 Å². The van der Waals surface area contributed by atoms with Crippen LogP contribution in [0.2, 0.25) is 0 Å². The Kier molecular flexibility index (Phi) is 10.8. The van der Waals surface area contributed by atoms with Crippen LogP contribution in [-0.4, -0.2) is 90.6 Å². The SMILES string of the molecule is COC(=O)c1c(OC)c(-c2c(OC)c(C(=O)OC)c(OC)c3c(O)c(OC)c(CC(C)=O)cc23)c2cc(CC(C)=O)c(OC)c(O)c2c1OC. The molecule has 4 rings (SSSR count). The van der Waals surface area contributed by atoms with Gasteiger partial charge in [0.2, 0.25) is 0 Å². The number of Topliss-reactive ketones (excluding diaryl/α,β-unsaturated/α-hetero) is 2. The first kappa shape index (κ1) is 36.9. The van der Waals surface area contributed by atoms with Crippen LogP contribution >= 0.6 is 0 Å². The van der Waals surface area contributed by atoms with Crippen LogP contribution in [0.15, 0.2) is 12.1 Å². The van der Waals surface area contributed by atoms with E-state index < -0.39 is 23.4 Å². The number of carbonyl (C=O) groups excluding carboxylic acids is 4. The second-order valence-corrected chi connectivity index (χ2v) is 11.1. The Morgan fingerprint density at radius 3 is 1.04 bits per heavy atom. The largest absolute Gasteiger partial charge is 0.504 e. The fourth-order valence-electron chi connectivity index (χ4n) is 6.36. The lowest BCUT2D eigenvalue weighted by atomic mass is 9.85. The first-order valence-corrected chi connectivity index (χ1v) is 15.0. The van der Waals surface area contributed by atoms with Crippen LogP contribution in [-0.2, 0) is 31.9 Å². The van der Waals surface area contributed by atoms with Crippen LogP contribution < -0.4 is 28.4 Å². The second kappa shape index (κ2) is 14.7. The summed E-state index contributed by atoms with van der Waals surface area (Å²) in [5.74, 6) is -4.14. The van der Waals surface area contributed by atoms with Gasteiger partial charge >= 0.3 is 11.9 Å². The van der Waals surface area contributed by atoms with Crippen LogP contribution in [0.4, 0.5) is 0 Å². The zero-order valence-electron chi connectivity index (χ0n) is 29.4. The summed E-state index contributed by atoms with van der Waals surface area (Å²) in [6.45, 7) is 2.72. The quantitative estimate of drug-likeness (QED) is 0.179. The molecule has 0 aliphatic rings. The summed E-state index contributed by atoms with van der Waals surface area (Å²) in [4.78, 5) is 52.0. The normalized spacial score (nSPS) is 10.8. The van der Waals surface area contributed by atoms with Crippen LogP contribution in [0.5, 0.6) is 46.0 Å². The van der Waals surface area contributed by atoms with Gasteiger partial charge in [-0.2, -0.15) is 0 Å². The molecule has 0 fully saturated rings. The average molecular weight is 695 g/mol. The van der Waals surface area contributed by atoms with E-state index in [1.807, 2.05) is 0 Å². The van der Waals surface area contributed by atoms with Crippen molar-refractivity contribution in [1.82, 2.24) is 0 Å². The summed E-state index contributed by atoms with van der Waals surface area (Å²) < 4.78 is 44.6. The Hall–Kier alpha value is -5.92. The van der Waals surface area contributed by atoms with Gasteiger partial charge in [0, 0.05) is 45.9 Å². The van der Waals surface area contributed by atoms with Crippen molar-refractivity contribution < 1.29 is 67.3 Å². The third-order valence-electron chi connectivity index (χ3n) is 8.15. The predicted molar refractivity (Wildman–Crippen MR) is 181 cm³/mol. The zero-order chi connectivity index (χ0) is 37.2. The molecule has 0 saturated carbocycles. The number of rotatable bonds is 13. The molecule has 0 atom stereocenters. The standard InChI is InChI=1S/C36H38O14/c1-15(37)11-17-13-19-21(31(45-5)25(35(41)49-9)33(47-7)23(19)27(39)29(17)43-3)22-20-14-18(12-16(2)38)30(44-4)28(40)24(20)34(48-8)26(32(22)46-6)36(42)50-10/h13-14,39-40H,11-12H2,1-10H3. The number of esters is 2. The molecule has 14 heteroatoms. The van der Waals surface area contributed by atoms with E-state index >= 15 is 0 Å². The van der Waals surface area contributed by atoms with Gasteiger partial charge in [-0.15, -0.1) is 0 Å². The molecule has 2 N–H and O–H groups in total. The molecule has 50 heavy (non-hydrogen) atoms. The monoisotopic (exact) mass is 694 g/mol. The highest BCUT2D eigenvalue weighted by Crippen LogP contribution is 2.58. The third kappa shape index (κ3) is 5.86. The van der Waals surface area contributed by atoms with Crippen molar-refractivity contribution in [3.8, 4) is 57.1 Å². The molecule has 0 spiro atoms. The molecule has 266 valence electrons. The Morgan fingerprint density at radius 2 is 0.800 bits per heavy atom. The van der Waals surface area contributed by atoms with Crippen LogP contribution in [0.3, 0.4) is 0 Å². The smallest absolute Gasteiger partial charge is 0.345 e. The van der Waals surface area contributed by atoms with E-state index in [2.05, 4.69) is 0 Å². The molecule has 0 aliphatic carbocycles. The molecular formula is C36H38O14. The molecule has 4 aromatic rings. The van der Waals surface area contributed by atoms with E-state index in [0.717, 1.165) is 14.2 Å². The van der Waals surface area contributed by atoms with E-state index in [1.165, 1.54) is 56.5 Å². The van der Waals surface area contributed by atoms with Crippen molar-refractivity contribution in [2.75, 3.05) is 56.9 Å². The number of fused-ring (bicyclic) bond motifs is 2. The van der Waals surface area contributed by atoms with Gasteiger partial charge in [0.25, 0.3) is 0 Å². The molecule has 14 nitrogen and oxygen atoms in total. The summed E-state index contributed by atoms with van der Waals surface area (Å²) in [5, 5.41) is 23.8. The number of methoxy groups -OCH3 is 8. The second-order valence-electron chi connectivity index (χ2n) is 11.1. The fourth-order valence-corrected chi connectivity index (χ4v) is 6.36. The van der Waals surface area contributed by atoms with Gasteiger partial charge in [-0.1, -0.05) is 0 Å². The minimum absolute atomic E-state index is 0.0273. The predicted octanol–water partition coefficient (Wildman–Crippen LogP) is 4.96. The molecule has 0 aromatic heterocycles. The highest BCUT2D eigenvalue weighted by molar-refractivity contribution is 6.22. The van der Waals surface area contributed by atoms with Crippen molar-refractivity contribution in [2.24, 2.45) is 0 Å². The van der Waals surface area contributed by atoms with Crippen LogP contribution in [0, 0.1) is 0 Å². The van der Waals surface area contributed by atoms with Gasteiger partial charge in [-0.25, -0.2) is 9.59 Å². The first-order valence-electron chi connectivity index (χ1n) is 15.0. The van der Waals surface area contributed by atoms with Gasteiger partial charge in [0.05, 0.1) is 67.7 Å². The number of ether oxygens (including phenoxy) is 8. The van der Waals surface area contributed by atoms with E-state index in [1.54, 1.807) is 12.1 Å². The molecule has 0 saturated heterocycles. The maximum Gasteiger partial charge on any atom is 0.345 e. The topological polar surface area (TPSA) is 183 Å². The van der Waals surface area contributed by atoms with Gasteiger partial charge in [-0.05, 0) is 26.0 Å². The van der Waals surface area contributed by atoms with Crippen molar-refractivity contribution in [3.63, 3.8) is 0 Å². The van der Waals surface area contributed by atoms with E-state index in [0.29, 0.717) is 0 Å². The Labute approximate surface area is 287 Å². The molecule has 0 amide bonds. The van der Waals surface area contributed by atoms with Gasteiger partial charge in [0.1, 0.15) is 45.7 Å². The summed E-state index contributed by atoms with van der Waals surface area (Å²) in [7, 11) is 9.97. The van der Waals surface area contributed by atoms with Crippen LogP contribution in [0.1, 0.15) is 45.7 Å². The van der Waals surface area contributed by atoms with Gasteiger partial charge < -0.3 is 48.1 Å². The summed E-state index contributed by atoms with van der Waals surface area (Å²) >= 11 is 0. The lowest BCUT2D eigenvalue weighted by molar-refractivity contribution is -0.117. The van der Waals surface area contributed by atoms with Crippen molar-refractivity contribution in [3.05, 3.63) is 34.4 Å². The zero-order valence-corrected chi connectivity index (χ0v) is 29.4. The van der Waals surface area contributed by atoms with E-state index in [4.69, 9.17) is 37.9 Å². The number of benzene rings is 4. The molecule has 0 aliphatic heterocycles. The minimum Gasteiger partial charge on any atom is -0.504 e. The average Bonchev–Trinajstić information content (AvgIpc) is 3.08. The van der Waals surface area contributed by atoms with Crippen LogP contribution in [0.25, 0.3) is 32.7 Å². The lowest BCUT2D eigenvalue weighted by Gasteiger charge is -2.26. The van der Waals surface area contributed by atoms with E-state index in [-0.39, 0.29) is 114 Å². The summed E-state index contributed by atoms with van der Waals surface area (Å²) in [6, 6.07) is 3.09. The third-order valence-corrected chi connectivity index (χ3v) is 8.15. The highest BCUT2D eigenvalue weighted by atomic mass is 16.5. The number of carbonyl (C=O) groups is 4. The molecule has 0 heterocycles. The lowest BCUT2D eigenvalue weighted by Crippen LogP contribution is -2.12. The Balaban J connectivity index is 2.57. The maximum atomic E-state index is 13.6. The summed E-state index contributed by atoms with van der Waals surface area (Å²) in [5.41, 5.74) is 0.0211. The maximum absolute atomic E-state index is 13.6. The number of hydrogen-bond acceptors (Lipinski definition) is 14. The molecule has 4 aromatic carbocycles. The van der Waals surface area contributed by atoms with Crippen molar-refractivity contribution in [2.45, 2.75) is 26.7 Å². The summed E-state index contributed by atoms with van der Waals surface area (Å²) in [6.07, 6.45) is -0.353. The number of aromatic hydroxyl groups is 2. The van der Waals surface area contributed by atoms with Crippen molar-refractivity contribution in [1.29, 1.82) is 0 Å². The fraction of sp³-hybridized carbons (Fsp3) is 0.333. The van der Waals surface area contributed by atoms with Gasteiger partial charge in [-0.3, -0.25) is 9.59 Å². The minimum atomic E-state index is -0.931. The molecule has 0 radical (unpaired) electrons. The number of phenols is 2. The molecule has 0 bridgehead atoms. The first-order chi connectivity index (χ1) is 23.8. The van der Waals surface area contributed by atoms with Crippen molar-refractivity contribution >= 4 is 45.0 Å². The number of hydrogen-bond donors (Lipinski definition) is 2. The number of ketones is 2. The highest BCUT2D eigenvalue weighted by Gasteiger charge is 2.37. The van der Waals surface area contributed by atoms with Gasteiger partial charge in [0.15, 0.2) is 23.0 Å². The number of phenolic OH excluding ortho intramolecular Hbond substituents is 2.